The largest absolute Gasteiger partial charge is 0.359 e. The van der Waals surface area contributed by atoms with Gasteiger partial charge in [0.25, 0.3) is 5.91 Å². The fourth-order valence-electron chi connectivity index (χ4n) is 4.10. The summed E-state index contributed by atoms with van der Waals surface area (Å²) in [4.78, 5) is 36.8. The van der Waals surface area contributed by atoms with Gasteiger partial charge in [0.1, 0.15) is 10.7 Å². The van der Waals surface area contributed by atoms with Gasteiger partial charge in [0.15, 0.2) is 0 Å². The van der Waals surface area contributed by atoms with Crippen molar-refractivity contribution in [3.63, 3.8) is 0 Å². The zero-order chi connectivity index (χ0) is 25.5. The molecule has 4 aromatic rings. The van der Waals surface area contributed by atoms with E-state index >= 15 is 0 Å². The van der Waals surface area contributed by atoms with E-state index in [9.17, 15) is 9.59 Å². The van der Waals surface area contributed by atoms with E-state index < -0.39 is 0 Å². The third-order valence-electron chi connectivity index (χ3n) is 5.99. The average molecular weight is 506 g/mol. The second-order valence-corrected chi connectivity index (χ2v) is 9.62. The second-order valence-electron chi connectivity index (χ2n) is 8.73. The summed E-state index contributed by atoms with van der Waals surface area (Å²) in [6.07, 6.45) is 7.14. The highest BCUT2D eigenvalue weighted by Crippen LogP contribution is 2.24. The van der Waals surface area contributed by atoms with Crippen LogP contribution in [0.25, 0.3) is 16.9 Å². The number of H-pyrrole nitrogens is 1. The van der Waals surface area contributed by atoms with E-state index in [2.05, 4.69) is 30.7 Å². The molecule has 0 aliphatic rings. The minimum Gasteiger partial charge on any atom is -0.359 e. The third kappa shape index (κ3) is 6.25. The standard InChI is InChI=1S/C26H31N7O2S/c1-17-13-18(2)33(32-17)20-11-9-19(10-12-20)22-14-29-25(30-22)21(7-5-4-6-8-24(34)27-3)31-26(35)23-15-28-16-36-23/h9-16,21H,4-8H2,1-3H3,(H,27,34)(H,29,30)(H,31,35). The predicted molar refractivity (Wildman–Crippen MR) is 140 cm³/mol. The lowest BCUT2D eigenvalue weighted by atomic mass is 10.1. The van der Waals surface area contributed by atoms with Gasteiger partial charge in [0.05, 0.1) is 41.0 Å². The number of benzene rings is 1. The zero-order valence-corrected chi connectivity index (χ0v) is 21.6. The minimum absolute atomic E-state index is 0.0459. The van der Waals surface area contributed by atoms with Crippen molar-refractivity contribution in [2.75, 3.05) is 7.05 Å². The van der Waals surface area contributed by atoms with Crippen molar-refractivity contribution in [2.45, 2.75) is 52.0 Å². The molecule has 1 atom stereocenters. The summed E-state index contributed by atoms with van der Waals surface area (Å²) < 4.78 is 1.92. The average Bonchev–Trinajstić information content (AvgIpc) is 3.64. The van der Waals surface area contributed by atoms with Gasteiger partial charge in [-0.05, 0) is 50.5 Å². The van der Waals surface area contributed by atoms with E-state index in [1.807, 2.05) is 48.9 Å². The Bertz CT molecular complexity index is 1290. The molecule has 188 valence electrons. The molecule has 0 saturated heterocycles. The molecule has 36 heavy (non-hydrogen) atoms. The van der Waals surface area contributed by atoms with Gasteiger partial charge in [-0.1, -0.05) is 25.0 Å². The molecule has 0 bridgehead atoms. The number of unbranched alkanes of at least 4 members (excludes halogenated alkanes) is 2. The van der Waals surface area contributed by atoms with E-state index in [-0.39, 0.29) is 17.9 Å². The highest BCUT2D eigenvalue weighted by Gasteiger charge is 2.20. The normalized spacial score (nSPS) is 11.9. The highest BCUT2D eigenvalue weighted by molar-refractivity contribution is 7.11. The first-order chi connectivity index (χ1) is 17.4. The summed E-state index contributed by atoms with van der Waals surface area (Å²) in [6.45, 7) is 4.02. The number of hydrogen-bond donors (Lipinski definition) is 3. The van der Waals surface area contributed by atoms with E-state index in [0.717, 1.165) is 47.6 Å². The number of carbonyl (C=O) groups is 2. The number of nitrogens with zero attached hydrogens (tertiary/aromatic N) is 4. The Morgan fingerprint density at radius 3 is 2.58 bits per heavy atom. The fraction of sp³-hybridized carbons (Fsp3) is 0.346. The van der Waals surface area contributed by atoms with Gasteiger partial charge in [0, 0.05) is 19.2 Å². The van der Waals surface area contributed by atoms with E-state index in [4.69, 9.17) is 0 Å². The van der Waals surface area contributed by atoms with Crippen molar-refractivity contribution in [1.29, 1.82) is 0 Å². The Balaban J connectivity index is 1.46. The molecule has 3 heterocycles. The lowest BCUT2D eigenvalue weighted by molar-refractivity contribution is -0.120. The Kier molecular flexibility index (Phi) is 8.27. The number of carbonyl (C=O) groups excluding carboxylic acids is 2. The summed E-state index contributed by atoms with van der Waals surface area (Å²) in [6, 6.07) is 9.91. The topological polar surface area (TPSA) is 118 Å². The molecule has 0 spiro atoms. The molecular weight excluding hydrogens is 474 g/mol. The summed E-state index contributed by atoms with van der Waals surface area (Å²) >= 11 is 1.30. The van der Waals surface area contributed by atoms with E-state index in [1.165, 1.54) is 11.3 Å². The van der Waals surface area contributed by atoms with Crippen LogP contribution >= 0.6 is 11.3 Å². The van der Waals surface area contributed by atoms with Crippen LogP contribution < -0.4 is 10.6 Å². The molecule has 3 aromatic heterocycles. The molecule has 4 rings (SSSR count). The molecule has 0 radical (unpaired) electrons. The number of thiazole rings is 1. The first-order valence-corrected chi connectivity index (χ1v) is 12.9. The third-order valence-corrected chi connectivity index (χ3v) is 6.77. The van der Waals surface area contributed by atoms with Crippen LogP contribution in [0, 0.1) is 13.8 Å². The predicted octanol–water partition coefficient (Wildman–Crippen LogP) is 4.50. The molecule has 9 nitrogen and oxygen atoms in total. The van der Waals surface area contributed by atoms with Gasteiger partial charge in [-0.15, -0.1) is 11.3 Å². The number of aromatic amines is 1. The smallest absolute Gasteiger partial charge is 0.263 e. The monoisotopic (exact) mass is 505 g/mol. The molecular formula is C26H31N7O2S. The summed E-state index contributed by atoms with van der Waals surface area (Å²) in [5.74, 6) is 0.585. The van der Waals surface area contributed by atoms with Gasteiger partial charge in [-0.2, -0.15) is 5.10 Å². The maximum absolute atomic E-state index is 12.7. The Labute approximate surface area is 214 Å². The Morgan fingerprint density at radius 2 is 1.92 bits per heavy atom. The van der Waals surface area contributed by atoms with Crippen molar-refractivity contribution in [1.82, 2.24) is 35.4 Å². The molecule has 0 aliphatic carbocycles. The maximum Gasteiger partial charge on any atom is 0.263 e. The fourth-order valence-corrected chi connectivity index (χ4v) is 4.63. The number of imidazole rings is 1. The van der Waals surface area contributed by atoms with Crippen LogP contribution in [0.15, 0.2) is 48.2 Å². The Morgan fingerprint density at radius 1 is 1.11 bits per heavy atom. The summed E-state index contributed by atoms with van der Waals surface area (Å²) in [5.41, 5.74) is 6.58. The molecule has 10 heteroatoms. The summed E-state index contributed by atoms with van der Waals surface area (Å²) in [7, 11) is 1.65. The molecule has 0 saturated carbocycles. The zero-order valence-electron chi connectivity index (χ0n) is 20.7. The van der Waals surface area contributed by atoms with Crippen LogP contribution in [0.5, 0.6) is 0 Å². The number of nitrogens with one attached hydrogen (secondary N) is 3. The molecule has 0 aliphatic heterocycles. The van der Waals surface area contributed by atoms with Gasteiger partial charge in [-0.3, -0.25) is 14.6 Å². The van der Waals surface area contributed by atoms with Gasteiger partial charge < -0.3 is 15.6 Å². The van der Waals surface area contributed by atoms with Gasteiger partial charge in [-0.25, -0.2) is 9.67 Å². The van der Waals surface area contributed by atoms with Crippen LogP contribution in [0.1, 0.15) is 65.0 Å². The van der Waals surface area contributed by atoms with Crippen LogP contribution in [0.2, 0.25) is 0 Å². The lowest BCUT2D eigenvalue weighted by Crippen LogP contribution is -2.28. The van der Waals surface area contributed by atoms with Gasteiger partial charge in [0.2, 0.25) is 5.91 Å². The molecule has 1 aromatic carbocycles. The SMILES string of the molecule is CNC(=O)CCCCCC(NC(=O)c1cncs1)c1ncc(-c2ccc(-n3nc(C)cc3C)cc2)[nH]1. The lowest BCUT2D eigenvalue weighted by Gasteiger charge is -2.16. The van der Waals surface area contributed by atoms with Gasteiger partial charge >= 0.3 is 0 Å². The molecule has 1 unspecified atom stereocenters. The van der Waals surface area contributed by atoms with Crippen LogP contribution in [-0.4, -0.2) is 43.6 Å². The van der Waals surface area contributed by atoms with Crippen molar-refractivity contribution in [3.8, 4) is 16.9 Å². The van der Waals surface area contributed by atoms with E-state index in [1.54, 1.807) is 25.0 Å². The van der Waals surface area contributed by atoms with Crippen molar-refractivity contribution in [2.24, 2.45) is 0 Å². The van der Waals surface area contributed by atoms with Crippen LogP contribution in [-0.2, 0) is 4.79 Å². The maximum atomic E-state index is 12.7. The number of rotatable bonds is 11. The van der Waals surface area contributed by atoms with Crippen LogP contribution in [0.3, 0.4) is 0 Å². The summed E-state index contributed by atoms with van der Waals surface area (Å²) in [5, 5.41) is 10.3. The van der Waals surface area contributed by atoms with E-state index in [0.29, 0.717) is 23.5 Å². The molecule has 0 fully saturated rings. The number of hydrogen-bond acceptors (Lipinski definition) is 6. The quantitative estimate of drug-likeness (QED) is 0.259. The molecule has 2 amide bonds. The van der Waals surface area contributed by atoms with Crippen molar-refractivity contribution < 1.29 is 9.59 Å². The van der Waals surface area contributed by atoms with Crippen molar-refractivity contribution >= 4 is 23.2 Å². The second kappa shape index (κ2) is 11.8. The first kappa shape index (κ1) is 25.3. The number of aryl methyl sites for hydroxylation is 2. The molecule has 3 N–H and O–H groups in total. The highest BCUT2D eigenvalue weighted by atomic mass is 32.1. The number of amides is 2. The number of aromatic nitrogens is 5. The minimum atomic E-state index is -0.276. The van der Waals surface area contributed by atoms with Crippen molar-refractivity contribution in [3.05, 3.63) is 70.3 Å². The first-order valence-electron chi connectivity index (χ1n) is 12.0. The van der Waals surface area contributed by atoms with Crippen LogP contribution in [0.4, 0.5) is 0 Å². The Hall–Kier alpha value is -3.79.